The topological polar surface area (TPSA) is 50.1 Å². The van der Waals surface area contributed by atoms with Crippen molar-refractivity contribution in [2.45, 2.75) is 39.7 Å². The molecule has 1 aliphatic carbocycles. The van der Waals surface area contributed by atoms with Gasteiger partial charge in [-0.15, -0.1) is 0 Å². The van der Waals surface area contributed by atoms with E-state index < -0.39 is 11.0 Å². The van der Waals surface area contributed by atoms with Gasteiger partial charge < -0.3 is 4.74 Å². The minimum Gasteiger partial charge on any atom is -0.460 e. The smallest absolute Gasteiger partial charge is 0.311 e. The molecule has 3 heteroatoms. The summed E-state index contributed by atoms with van der Waals surface area (Å²) in [7, 11) is 0. The van der Waals surface area contributed by atoms with E-state index in [0.717, 1.165) is 0 Å². The van der Waals surface area contributed by atoms with Crippen molar-refractivity contribution in [2.75, 3.05) is 0 Å². The van der Waals surface area contributed by atoms with Gasteiger partial charge in [0.25, 0.3) is 0 Å². The Hall–Kier alpha value is -1.04. The van der Waals surface area contributed by atoms with Crippen LogP contribution in [0.4, 0.5) is 0 Å². The molecule has 13 heavy (non-hydrogen) atoms. The molecule has 0 aromatic heterocycles. The highest BCUT2D eigenvalue weighted by Crippen LogP contribution is 2.52. The van der Waals surface area contributed by atoms with Crippen molar-refractivity contribution in [3.8, 4) is 6.07 Å². The molecule has 1 fully saturated rings. The predicted molar refractivity (Wildman–Crippen MR) is 47.7 cm³/mol. The normalized spacial score (nSPS) is 32.1. The number of carbonyl (C=O) groups is 1. The third-order valence-corrected chi connectivity index (χ3v) is 2.18. The van der Waals surface area contributed by atoms with Crippen LogP contribution in [-0.4, -0.2) is 11.6 Å². The van der Waals surface area contributed by atoms with Crippen LogP contribution >= 0.6 is 0 Å². The van der Waals surface area contributed by atoms with Crippen molar-refractivity contribution in [1.82, 2.24) is 0 Å². The molecule has 0 spiro atoms. The fourth-order valence-electron chi connectivity index (χ4n) is 1.21. The third kappa shape index (κ3) is 2.21. The van der Waals surface area contributed by atoms with Crippen LogP contribution < -0.4 is 0 Å². The summed E-state index contributed by atoms with van der Waals surface area (Å²) >= 11 is 0. The van der Waals surface area contributed by atoms with Crippen LogP contribution in [0.5, 0.6) is 0 Å². The van der Waals surface area contributed by atoms with Gasteiger partial charge in [-0.05, 0) is 34.1 Å². The average Bonchev–Trinajstić information content (AvgIpc) is 2.60. The predicted octanol–water partition coefficient (Wildman–Crippen LogP) is 1.88. The second kappa shape index (κ2) is 2.73. The van der Waals surface area contributed by atoms with Gasteiger partial charge in [-0.1, -0.05) is 0 Å². The van der Waals surface area contributed by atoms with Gasteiger partial charge >= 0.3 is 5.97 Å². The first-order chi connectivity index (χ1) is 5.78. The monoisotopic (exact) mass is 181 g/mol. The van der Waals surface area contributed by atoms with Crippen LogP contribution in [0.3, 0.4) is 0 Å². The first-order valence-corrected chi connectivity index (χ1v) is 4.43. The summed E-state index contributed by atoms with van der Waals surface area (Å²) in [6, 6.07) is 2.13. The highest BCUT2D eigenvalue weighted by atomic mass is 16.6. The van der Waals surface area contributed by atoms with Crippen molar-refractivity contribution in [2.24, 2.45) is 11.3 Å². The lowest BCUT2D eigenvalue weighted by Crippen LogP contribution is -2.25. The van der Waals surface area contributed by atoms with Crippen molar-refractivity contribution in [1.29, 1.82) is 5.26 Å². The molecular weight excluding hydrogens is 166 g/mol. The molecule has 3 nitrogen and oxygen atoms in total. The van der Waals surface area contributed by atoms with E-state index in [1.54, 1.807) is 6.92 Å². The second-order valence-electron chi connectivity index (χ2n) is 4.82. The number of esters is 1. The second-order valence-corrected chi connectivity index (χ2v) is 4.82. The number of ether oxygens (including phenoxy) is 1. The van der Waals surface area contributed by atoms with Crippen molar-refractivity contribution in [3.63, 3.8) is 0 Å². The zero-order chi connectivity index (χ0) is 10.3. The Labute approximate surface area is 78.7 Å². The molecule has 0 radical (unpaired) electrons. The van der Waals surface area contributed by atoms with Crippen LogP contribution in [0.1, 0.15) is 34.1 Å². The number of nitrogens with zero attached hydrogens (tertiary/aromatic N) is 1. The molecule has 2 atom stereocenters. The van der Waals surface area contributed by atoms with Crippen molar-refractivity contribution >= 4 is 5.97 Å². The maximum atomic E-state index is 11.4. The first-order valence-electron chi connectivity index (χ1n) is 4.43. The maximum Gasteiger partial charge on any atom is 0.311 e. The van der Waals surface area contributed by atoms with Crippen LogP contribution in [-0.2, 0) is 9.53 Å². The highest BCUT2D eigenvalue weighted by molar-refractivity contribution is 5.78. The number of nitriles is 1. The standard InChI is InChI=1S/C10H15NO2/c1-9(2,3)13-8(12)7-5-10(7,4)6-11/h7H,5H2,1-4H3/t7-,10-/m0/s1. The zero-order valence-corrected chi connectivity index (χ0v) is 8.55. The summed E-state index contributed by atoms with van der Waals surface area (Å²) in [5.74, 6) is -0.451. The van der Waals surface area contributed by atoms with E-state index in [2.05, 4.69) is 6.07 Å². The largest absolute Gasteiger partial charge is 0.460 e. The summed E-state index contributed by atoms with van der Waals surface area (Å²) in [5.41, 5.74) is -0.918. The van der Waals surface area contributed by atoms with Gasteiger partial charge in [0.2, 0.25) is 0 Å². The molecule has 0 aliphatic heterocycles. The molecule has 0 aromatic rings. The fraction of sp³-hybridized carbons (Fsp3) is 0.800. The fourth-order valence-corrected chi connectivity index (χ4v) is 1.21. The molecule has 0 aromatic carbocycles. The molecule has 1 aliphatic rings. The van der Waals surface area contributed by atoms with E-state index in [-0.39, 0.29) is 11.9 Å². The minimum absolute atomic E-state index is 0.211. The van der Waals surface area contributed by atoms with Gasteiger partial charge in [0.15, 0.2) is 0 Å². The Balaban J connectivity index is 2.51. The Bertz CT molecular complexity index is 272. The van der Waals surface area contributed by atoms with Crippen LogP contribution in [0.15, 0.2) is 0 Å². The van der Waals surface area contributed by atoms with Crippen molar-refractivity contribution in [3.05, 3.63) is 0 Å². The van der Waals surface area contributed by atoms with Crippen LogP contribution in [0, 0.1) is 22.7 Å². The molecule has 1 saturated carbocycles. The summed E-state index contributed by atoms with van der Waals surface area (Å²) in [5, 5.41) is 8.73. The van der Waals surface area contributed by atoms with E-state index in [1.165, 1.54) is 0 Å². The molecule has 0 amide bonds. The Kier molecular flexibility index (Phi) is 2.11. The van der Waals surface area contributed by atoms with Crippen LogP contribution in [0.25, 0.3) is 0 Å². The highest BCUT2D eigenvalue weighted by Gasteiger charge is 2.57. The molecule has 0 saturated heterocycles. The van der Waals surface area contributed by atoms with Gasteiger partial charge in [0.05, 0.1) is 17.4 Å². The van der Waals surface area contributed by atoms with Gasteiger partial charge in [-0.2, -0.15) is 5.26 Å². The van der Waals surface area contributed by atoms with Gasteiger partial charge in [-0.25, -0.2) is 0 Å². The molecular formula is C10H15NO2. The van der Waals surface area contributed by atoms with Crippen molar-refractivity contribution < 1.29 is 9.53 Å². The lowest BCUT2D eigenvalue weighted by molar-refractivity contribution is -0.157. The minimum atomic E-state index is -0.470. The first kappa shape index (κ1) is 10.0. The summed E-state index contributed by atoms with van der Waals surface area (Å²) in [4.78, 5) is 11.4. The zero-order valence-electron chi connectivity index (χ0n) is 8.55. The molecule has 0 bridgehead atoms. The SMILES string of the molecule is CC(C)(C)OC(=O)[C@@H]1C[C@@]1(C)C#N. The van der Waals surface area contributed by atoms with Gasteiger partial charge in [0.1, 0.15) is 5.60 Å². The quantitative estimate of drug-likeness (QED) is 0.580. The summed E-state index contributed by atoms with van der Waals surface area (Å²) < 4.78 is 5.17. The lowest BCUT2D eigenvalue weighted by atomic mass is 10.1. The maximum absolute atomic E-state index is 11.4. The number of hydrogen-bond acceptors (Lipinski definition) is 3. The lowest BCUT2D eigenvalue weighted by Gasteiger charge is -2.19. The van der Waals surface area contributed by atoms with E-state index in [9.17, 15) is 4.79 Å². The Morgan fingerprint density at radius 2 is 2.15 bits per heavy atom. The average molecular weight is 181 g/mol. The summed E-state index contributed by atoms with van der Waals surface area (Å²) in [6.07, 6.45) is 0.637. The van der Waals surface area contributed by atoms with E-state index in [1.807, 2.05) is 20.8 Å². The summed E-state index contributed by atoms with van der Waals surface area (Å²) in [6.45, 7) is 7.28. The van der Waals surface area contributed by atoms with Gasteiger partial charge in [-0.3, -0.25) is 4.79 Å². The van der Waals surface area contributed by atoms with E-state index in [4.69, 9.17) is 10.00 Å². The third-order valence-electron chi connectivity index (χ3n) is 2.18. The molecule has 0 unspecified atom stereocenters. The van der Waals surface area contributed by atoms with Crippen LogP contribution in [0.2, 0.25) is 0 Å². The Morgan fingerprint density at radius 1 is 1.62 bits per heavy atom. The van der Waals surface area contributed by atoms with Gasteiger partial charge in [0, 0.05) is 0 Å². The van der Waals surface area contributed by atoms with E-state index >= 15 is 0 Å². The molecule has 1 rings (SSSR count). The Morgan fingerprint density at radius 3 is 2.46 bits per heavy atom. The molecule has 0 N–H and O–H groups in total. The number of carbonyl (C=O) groups excluding carboxylic acids is 1. The number of rotatable bonds is 1. The molecule has 0 heterocycles. The number of hydrogen-bond donors (Lipinski definition) is 0. The molecule has 72 valence electrons. The van der Waals surface area contributed by atoms with E-state index in [0.29, 0.717) is 6.42 Å².